The van der Waals surface area contributed by atoms with Crippen molar-refractivity contribution in [1.29, 1.82) is 0 Å². The molecule has 52 nitrogen and oxygen atoms in total. The molecule has 2 fully saturated rings. The highest BCUT2D eigenvalue weighted by molar-refractivity contribution is 6.11. The van der Waals surface area contributed by atoms with Gasteiger partial charge in [0.05, 0.1) is 50.1 Å². The van der Waals surface area contributed by atoms with E-state index in [0.717, 1.165) is 0 Å². The standard InChI is InChI=1S/C82H58O52/c83-28-1-18(2-29(84)49(28)97)71(112)129-67-65-43(16-122-76(117)23-11-37(92)54(102)59(107)45(23)47-25(78(119)127-65)13-39(94)56(104)61(47)109)125-81(69(67)131-73(114)20-5-32(87)51(99)33(88)6-20)134-75(116)22-9-36(91)53(101)42(10-22)124-64-27(15-41(96)58(106)63(64)111)80(121)132-70-68(130-72(113)19-3-30(85)50(98)31(86)4-19)66-44(126-82(70)133-74(115)21-7-34(89)52(100)35(90)8-21)17-123-77(118)24-12-38(93)55(103)60(108)46(24)48-26(79(120)128-66)14-40(95)57(105)62(48)110/h1-15,43-44,65-70,81-111H,16-17H2/t43-,44-,65-,66-,67+,68+,69-,70-,81+,82+/m1/s1. The summed E-state index contributed by atoms with van der Waals surface area (Å²) in [6.45, 7) is -3.11. The first kappa shape index (κ1) is 91.0. The van der Waals surface area contributed by atoms with E-state index < -0.39 is 390 Å². The van der Waals surface area contributed by atoms with Crippen molar-refractivity contribution in [3.05, 3.63) is 147 Å². The largest absolute Gasteiger partial charge is 0.504 e. The highest BCUT2D eigenvalue weighted by Gasteiger charge is 2.58. The smallest absolute Gasteiger partial charge is 0.342 e. The summed E-state index contributed by atoms with van der Waals surface area (Å²) in [7, 11) is 0. The number of benzene rings is 10. The zero-order valence-electron chi connectivity index (χ0n) is 65.7. The van der Waals surface area contributed by atoms with Crippen LogP contribution in [0.4, 0.5) is 0 Å². The minimum Gasteiger partial charge on any atom is -0.504 e. The molecule has 0 saturated carbocycles. The molecule has 134 heavy (non-hydrogen) atoms. The monoisotopic (exact) mass is 1870 g/mol. The van der Waals surface area contributed by atoms with E-state index in [1.165, 1.54) is 0 Å². The van der Waals surface area contributed by atoms with E-state index in [4.69, 9.17) is 61.6 Å². The van der Waals surface area contributed by atoms with Crippen molar-refractivity contribution in [3.8, 4) is 200 Å². The number of carbonyl (C=O) groups excluding carboxylic acids is 10. The molecule has 14 rings (SSSR count). The molecule has 4 aliphatic heterocycles. The third-order valence-electron chi connectivity index (χ3n) is 20.4. The molecule has 0 aliphatic carbocycles. The van der Waals surface area contributed by atoms with Crippen LogP contribution in [0.5, 0.6) is 178 Å². The lowest BCUT2D eigenvalue weighted by atomic mass is 9.92. The zero-order chi connectivity index (χ0) is 97.7. The molecule has 0 aromatic heterocycles. The second-order valence-electron chi connectivity index (χ2n) is 28.7. The van der Waals surface area contributed by atoms with E-state index >= 15 is 19.2 Å². The van der Waals surface area contributed by atoms with Gasteiger partial charge in [0.15, 0.2) is 162 Å². The van der Waals surface area contributed by atoms with Crippen LogP contribution < -0.4 is 4.74 Å². The molecule has 10 aromatic rings. The summed E-state index contributed by atoms with van der Waals surface area (Å²) >= 11 is 0. The van der Waals surface area contributed by atoms with Gasteiger partial charge in [-0.1, -0.05) is 0 Å². The number of hydrogen-bond donors (Lipinski definition) is 29. The molecule has 10 aromatic carbocycles. The van der Waals surface area contributed by atoms with Crippen molar-refractivity contribution in [2.75, 3.05) is 13.2 Å². The van der Waals surface area contributed by atoms with Crippen LogP contribution in [0.15, 0.2) is 91.0 Å². The van der Waals surface area contributed by atoms with Crippen molar-refractivity contribution in [1.82, 2.24) is 0 Å². The van der Waals surface area contributed by atoms with Gasteiger partial charge in [0.25, 0.3) is 0 Å². The van der Waals surface area contributed by atoms with E-state index in [9.17, 15) is 177 Å². The summed E-state index contributed by atoms with van der Waals surface area (Å²) in [6.07, 6.45) is -28.7. The zero-order valence-corrected chi connectivity index (χ0v) is 65.7. The van der Waals surface area contributed by atoms with Gasteiger partial charge >= 0.3 is 59.7 Å². The van der Waals surface area contributed by atoms with E-state index in [1.54, 1.807) is 0 Å². The molecule has 0 radical (unpaired) electrons. The van der Waals surface area contributed by atoms with Crippen molar-refractivity contribution in [3.63, 3.8) is 0 Å². The number of esters is 10. The van der Waals surface area contributed by atoms with Crippen molar-refractivity contribution >= 4 is 59.7 Å². The van der Waals surface area contributed by atoms with Gasteiger partial charge in [-0.15, -0.1) is 0 Å². The molecule has 29 N–H and O–H groups in total. The van der Waals surface area contributed by atoms with Crippen LogP contribution in [-0.2, 0) is 56.8 Å². The quantitative estimate of drug-likeness (QED) is 0.0419. The fourth-order valence-electron chi connectivity index (χ4n) is 13.9. The number of fused-ring (bicyclic) bond motifs is 8. The van der Waals surface area contributed by atoms with Crippen molar-refractivity contribution < 1.29 is 258 Å². The van der Waals surface area contributed by atoms with Crippen LogP contribution in [0, 0.1) is 0 Å². The molecule has 4 heterocycles. The fourth-order valence-corrected chi connectivity index (χ4v) is 13.9. The minimum absolute atomic E-state index is 0.0806. The number of rotatable bonds is 14. The van der Waals surface area contributed by atoms with Crippen LogP contribution in [-0.4, -0.2) is 282 Å². The Morgan fingerprint density at radius 1 is 0.246 bits per heavy atom. The average Bonchev–Trinajstić information content (AvgIpc) is 1.22. The van der Waals surface area contributed by atoms with E-state index in [1.807, 2.05) is 0 Å². The third kappa shape index (κ3) is 16.2. The topological polar surface area (TPSA) is 877 Å². The van der Waals surface area contributed by atoms with Gasteiger partial charge in [0.1, 0.15) is 31.0 Å². The first-order valence-electron chi connectivity index (χ1n) is 37.0. The van der Waals surface area contributed by atoms with Gasteiger partial charge in [0.2, 0.25) is 65.0 Å². The Hall–Kier alpha value is -19.2. The Labute approximate surface area is 736 Å². The Bertz CT molecular complexity index is 6660. The number of phenols is 29. The lowest BCUT2D eigenvalue weighted by molar-refractivity contribution is -0.282. The van der Waals surface area contributed by atoms with E-state index in [2.05, 4.69) is 0 Å². The van der Waals surface area contributed by atoms with Crippen LogP contribution >= 0.6 is 0 Å². The van der Waals surface area contributed by atoms with Crippen LogP contribution in [0.1, 0.15) is 104 Å². The van der Waals surface area contributed by atoms with Crippen LogP contribution in [0.2, 0.25) is 0 Å². The molecular weight excluding hydrogens is 1820 g/mol. The van der Waals surface area contributed by atoms with Crippen molar-refractivity contribution in [2.45, 2.75) is 61.4 Å². The van der Waals surface area contributed by atoms with Gasteiger partial charge in [0, 0.05) is 28.3 Å². The Morgan fingerprint density at radius 2 is 0.485 bits per heavy atom. The number of ether oxygens (including phenoxy) is 13. The minimum atomic E-state index is -3.10. The molecule has 10 atom stereocenters. The summed E-state index contributed by atoms with van der Waals surface area (Å²) in [4.78, 5) is 148. The average molecular weight is 1880 g/mol. The fraction of sp³-hybridized carbons (Fsp3) is 0.146. The third-order valence-corrected chi connectivity index (χ3v) is 20.4. The Morgan fingerprint density at radius 3 is 0.791 bits per heavy atom. The van der Waals surface area contributed by atoms with Crippen LogP contribution in [0.25, 0.3) is 22.3 Å². The molecule has 2 saturated heterocycles. The predicted molar refractivity (Wildman–Crippen MR) is 415 cm³/mol. The van der Waals surface area contributed by atoms with Gasteiger partial charge in [-0.3, -0.25) is 0 Å². The molecule has 0 unspecified atom stereocenters. The number of cyclic esters (lactones) is 2. The first-order valence-corrected chi connectivity index (χ1v) is 37.0. The molecule has 0 bridgehead atoms. The number of phenolic OH excluding ortho intramolecular Hbond substituents is 29. The second-order valence-corrected chi connectivity index (χ2v) is 28.7. The van der Waals surface area contributed by atoms with Gasteiger partial charge in [-0.2, -0.15) is 0 Å². The number of aromatic hydroxyl groups is 29. The van der Waals surface area contributed by atoms with Gasteiger partial charge in [-0.05, 0) is 84.9 Å². The van der Waals surface area contributed by atoms with Gasteiger partial charge < -0.3 is 210 Å². The van der Waals surface area contributed by atoms with E-state index in [-0.39, 0.29) is 30.3 Å². The lowest BCUT2D eigenvalue weighted by Crippen LogP contribution is -2.63. The van der Waals surface area contributed by atoms with Gasteiger partial charge in [-0.25, -0.2) is 47.9 Å². The van der Waals surface area contributed by atoms with Crippen molar-refractivity contribution in [2.24, 2.45) is 0 Å². The maximum absolute atomic E-state index is 15.5. The summed E-state index contributed by atoms with van der Waals surface area (Å²) < 4.78 is 74.3. The Kier molecular flexibility index (Phi) is 23.2. The Balaban J connectivity index is 0.888. The molecule has 0 amide bonds. The summed E-state index contributed by atoms with van der Waals surface area (Å²) in [5.41, 5.74) is -17.1. The number of carbonyl (C=O) groups is 10. The molecule has 52 heteroatoms. The predicted octanol–water partition coefficient (Wildman–Crippen LogP) is 3.73. The first-order chi connectivity index (χ1) is 63.0. The number of hydrogen-bond acceptors (Lipinski definition) is 52. The molecule has 4 aliphatic rings. The normalized spacial score (nSPS) is 19.1. The second kappa shape index (κ2) is 34.2. The summed E-state index contributed by atoms with van der Waals surface area (Å²) in [6, 6.07) is 4.78. The van der Waals surface area contributed by atoms with E-state index in [0.29, 0.717) is 60.7 Å². The highest BCUT2D eigenvalue weighted by atomic mass is 16.8. The molecule has 0 spiro atoms. The highest BCUT2D eigenvalue weighted by Crippen LogP contribution is 2.58. The maximum Gasteiger partial charge on any atom is 0.342 e. The molecule has 698 valence electrons. The maximum atomic E-state index is 15.5. The lowest BCUT2D eigenvalue weighted by Gasteiger charge is -2.43. The SMILES string of the molecule is O=C(O[C@@H]1O[C@@H]2COC(=O)c3cc(O)c(O)c(O)c3-c3c(cc(O)c(O)c3O)C(=O)O[C@H]2[C@H](OC(=O)c2cc(O)c(O)c(O)c2)[C@H]1OC(=O)c1cc(O)c(O)c(O)c1)c1cc(O)c(O)c(Oc2c(C(=O)O[C@H]3[C@H](OC(=O)c4cc(O)c(O)c(O)c4)O[C@@H]4COC(=O)c5cc(O)c(O)c(O)c5-c5c(cc(O)c(O)c5O)C(=O)O[C@H]4[C@@H]3OC(=O)c3cc(O)c(O)c(O)c3)cc(O)c(O)c2O)c1. The van der Waals surface area contributed by atoms with Crippen LogP contribution in [0.3, 0.4) is 0 Å². The summed E-state index contributed by atoms with van der Waals surface area (Å²) in [5.74, 6) is -65.5. The summed E-state index contributed by atoms with van der Waals surface area (Å²) in [5, 5.41) is 315. The molecular formula is C82H58O52.